The predicted octanol–water partition coefficient (Wildman–Crippen LogP) is 3.07. The van der Waals surface area contributed by atoms with Gasteiger partial charge < -0.3 is 4.74 Å². The van der Waals surface area contributed by atoms with Crippen molar-refractivity contribution < 1.29 is 23.2 Å². The van der Waals surface area contributed by atoms with Crippen molar-refractivity contribution in [2.45, 2.75) is 30.2 Å². The number of carbonyl (C=O) groups excluding carboxylic acids is 1. The molecule has 2 N–H and O–H groups in total. The maximum Gasteiger partial charge on any atom is 0.262 e. The van der Waals surface area contributed by atoms with Crippen LogP contribution in [-0.4, -0.2) is 43.5 Å². The molecule has 0 aromatic heterocycles. The van der Waals surface area contributed by atoms with Crippen molar-refractivity contribution >= 4 is 22.0 Å². The molecule has 8 heteroatoms. The number of nitrogens with one attached hydrogen (secondary N) is 1. The van der Waals surface area contributed by atoms with Crippen molar-refractivity contribution in [2.75, 3.05) is 13.7 Å². The third-order valence-electron chi connectivity index (χ3n) is 5.26. The molecule has 2 aromatic rings. The highest BCUT2D eigenvalue weighted by Crippen LogP contribution is 2.31. The van der Waals surface area contributed by atoms with E-state index in [1.807, 2.05) is 42.5 Å². The molecule has 0 spiro atoms. The molecular formula is C22H26N2O5S. The molecule has 3 rings (SSSR count). The number of ether oxygens (including phenoxy) is 1. The number of hydrogen-bond donors (Lipinski definition) is 2. The Balaban J connectivity index is 1.97. The second-order valence-corrected chi connectivity index (χ2v) is 9.03. The van der Waals surface area contributed by atoms with Crippen molar-refractivity contribution in [3.8, 4) is 5.75 Å². The molecule has 160 valence electrons. The van der Waals surface area contributed by atoms with E-state index in [9.17, 15) is 18.4 Å². The summed E-state index contributed by atoms with van der Waals surface area (Å²) in [6.45, 7) is 0.197. The Kier molecular flexibility index (Phi) is 7.25. The zero-order valence-corrected chi connectivity index (χ0v) is 17.6. The van der Waals surface area contributed by atoms with Crippen LogP contribution in [0.2, 0.25) is 0 Å². The van der Waals surface area contributed by atoms with Crippen molar-refractivity contribution in [3.05, 3.63) is 66.2 Å². The normalized spacial score (nSPS) is 20.6. The summed E-state index contributed by atoms with van der Waals surface area (Å²) in [6, 6.07) is 14.6. The van der Waals surface area contributed by atoms with E-state index in [1.165, 1.54) is 23.5 Å². The Morgan fingerprint density at radius 2 is 1.83 bits per heavy atom. The van der Waals surface area contributed by atoms with Gasteiger partial charge in [0.25, 0.3) is 5.91 Å². The maximum atomic E-state index is 13.4. The van der Waals surface area contributed by atoms with Gasteiger partial charge in [-0.3, -0.25) is 10.0 Å². The molecule has 30 heavy (non-hydrogen) atoms. The van der Waals surface area contributed by atoms with Crippen LogP contribution in [0.15, 0.2) is 65.6 Å². The number of hydrogen-bond acceptors (Lipinski definition) is 5. The van der Waals surface area contributed by atoms with Gasteiger partial charge in [0.1, 0.15) is 11.8 Å². The Bertz CT molecular complexity index is 974. The zero-order chi connectivity index (χ0) is 21.6. The van der Waals surface area contributed by atoms with E-state index in [4.69, 9.17) is 4.74 Å². The Labute approximate surface area is 177 Å². The number of nitrogens with zero attached hydrogens (tertiary/aromatic N) is 1. The summed E-state index contributed by atoms with van der Waals surface area (Å²) in [5.74, 6) is -0.581. The van der Waals surface area contributed by atoms with Crippen LogP contribution in [-0.2, 0) is 14.8 Å². The first-order valence-electron chi connectivity index (χ1n) is 9.80. The van der Waals surface area contributed by atoms with Gasteiger partial charge in [-0.15, -0.1) is 0 Å². The largest absolute Gasteiger partial charge is 0.497 e. The number of benzene rings is 2. The third-order valence-corrected chi connectivity index (χ3v) is 7.16. The SMILES string of the molecule is COc1ccc(S(=O)(=O)N2CCCCC(/C=C/c3ccccc3)C2C(=O)NO)cc1. The number of amides is 1. The van der Waals surface area contributed by atoms with Crippen LogP contribution in [0.25, 0.3) is 6.08 Å². The van der Waals surface area contributed by atoms with Gasteiger partial charge in [-0.05, 0) is 42.7 Å². The van der Waals surface area contributed by atoms with E-state index in [0.717, 1.165) is 12.0 Å². The lowest BCUT2D eigenvalue weighted by Gasteiger charge is -2.31. The summed E-state index contributed by atoms with van der Waals surface area (Å²) >= 11 is 0. The number of hydroxylamine groups is 1. The fourth-order valence-electron chi connectivity index (χ4n) is 3.70. The number of carbonyl (C=O) groups is 1. The summed E-state index contributed by atoms with van der Waals surface area (Å²) in [5.41, 5.74) is 2.62. The molecule has 0 radical (unpaired) electrons. The van der Waals surface area contributed by atoms with Crippen LogP contribution < -0.4 is 10.2 Å². The van der Waals surface area contributed by atoms with Crippen LogP contribution >= 0.6 is 0 Å². The molecule has 0 saturated carbocycles. The van der Waals surface area contributed by atoms with Gasteiger partial charge in [0.15, 0.2) is 0 Å². The summed E-state index contributed by atoms with van der Waals surface area (Å²) in [4.78, 5) is 12.7. The van der Waals surface area contributed by atoms with E-state index in [0.29, 0.717) is 18.6 Å². The van der Waals surface area contributed by atoms with Gasteiger partial charge in [0.05, 0.1) is 12.0 Å². The fraction of sp³-hybridized carbons (Fsp3) is 0.318. The molecule has 1 aliphatic heterocycles. The highest BCUT2D eigenvalue weighted by atomic mass is 32.2. The Morgan fingerprint density at radius 3 is 2.47 bits per heavy atom. The minimum Gasteiger partial charge on any atom is -0.497 e. The quantitative estimate of drug-likeness (QED) is 0.542. The average Bonchev–Trinajstić information content (AvgIpc) is 3.01. The van der Waals surface area contributed by atoms with E-state index < -0.39 is 22.0 Å². The molecule has 2 aromatic carbocycles. The highest BCUT2D eigenvalue weighted by Gasteiger charge is 2.41. The molecule has 2 atom stereocenters. The Morgan fingerprint density at radius 1 is 1.13 bits per heavy atom. The van der Waals surface area contributed by atoms with Crippen LogP contribution in [0.4, 0.5) is 0 Å². The van der Waals surface area contributed by atoms with Crippen molar-refractivity contribution in [1.29, 1.82) is 0 Å². The first-order chi connectivity index (χ1) is 14.5. The van der Waals surface area contributed by atoms with E-state index in [2.05, 4.69) is 0 Å². The molecule has 1 fully saturated rings. The van der Waals surface area contributed by atoms with Crippen molar-refractivity contribution in [1.82, 2.24) is 9.79 Å². The summed E-state index contributed by atoms with van der Waals surface area (Å²) in [7, 11) is -2.45. The molecule has 0 bridgehead atoms. The number of rotatable bonds is 6. The zero-order valence-electron chi connectivity index (χ0n) is 16.8. The maximum absolute atomic E-state index is 13.4. The molecule has 2 unspecified atom stereocenters. The third kappa shape index (κ3) is 4.89. The molecule has 0 aliphatic carbocycles. The van der Waals surface area contributed by atoms with Crippen LogP contribution in [0.5, 0.6) is 5.75 Å². The monoisotopic (exact) mass is 430 g/mol. The van der Waals surface area contributed by atoms with Gasteiger partial charge in [-0.1, -0.05) is 48.9 Å². The molecule has 7 nitrogen and oxygen atoms in total. The van der Waals surface area contributed by atoms with E-state index in [1.54, 1.807) is 17.6 Å². The van der Waals surface area contributed by atoms with Gasteiger partial charge in [-0.25, -0.2) is 13.9 Å². The van der Waals surface area contributed by atoms with Crippen LogP contribution in [0.3, 0.4) is 0 Å². The molecule has 1 aliphatic rings. The first kappa shape index (κ1) is 22.0. The highest BCUT2D eigenvalue weighted by molar-refractivity contribution is 7.89. The molecule has 1 heterocycles. The van der Waals surface area contributed by atoms with Gasteiger partial charge >= 0.3 is 0 Å². The van der Waals surface area contributed by atoms with Crippen LogP contribution in [0.1, 0.15) is 24.8 Å². The van der Waals surface area contributed by atoms with E-state index in [-0.39, 0.29) is 17.4 Å². The number of methoxy groups -OCH3 is 1. The van der Waals surface area contributed by atoms with Gasteiger partial charge in [0, 0.05) is 12.5 Å². The summed E-state index contributed by atoms with van der Waals surface area (Å²) in [6.07, 6.45) is 5.77. The molecule has 1 saturated heterocycles. The average molecular weight is 431 g/mol. The van der Waals surface area contributed by atoms with Gasteiger partial charge in [0.2, 0.25) is 10.0 Å². The molecular weight excluding hydrogens is 404 g/mol. The van der Waals surface area contributed by atoms with Crippen LogP contribution in [0, 0.1) is 5.92 Å². The van der Waals surface area contributed by atoms with Gasteiger partial charge in [-0.2, -0.15) is 4.31 Å². The summed E-state index contributed by atoms with van der Waals surface area (Å²) in [5, 5.41) is 9.34. The van der Waals surface area contributed by atoms with Crippen molar-refractivity contribution in [2.24, 2.45) is 5.92 Å². The van der Waals surface area contributed by atoms with Crippen molar-refractivity contribution in [3.63, 3.8) is 0 Å². The standard InChI is InChI=1S/C22H26N2O5S/c1-29-19-12-14-20(15-13-19)30(27,28)24-16-6-5-9-18(21(24)22(25)23-26)11-10-17-7-3-2-4-8-17/h2-4,7-8,10-15,18,21,26H,5-6,9,16H2,1H3,(H,23,25)/b11-10+. The summed E-state index contributed by atoms with van der Waals surface area (Å²) < 4.78 is 33.1. The Hall–Kier alpha value is -2.68. The second-order valence-electron chi connectivity index (χ2n) is 7.14. The second kappa shape index (κ2) is 9.88. The predicted molar refractivity (Wildman–Crippen MR) is 113 cm³/mol. The lowest BCUT2D eigenvalue weighted by atomic mass is 9.93. The topological polar surface area (TPSA) is 95.9 Å². The molecule has 1 amide bonds. The lowest BCUT2D eigenvalue weighted by molar-refractivity contribution is -0.134. The first-order valence-corrected chi connectivity index (χ1v) is 11.2. The fourth-order valence-corrected chi connectivity index (χ4v) is 5.37. The minimum absolute atomic E-state index is 0.0757. The smallest absolute Gasteiger partial charge is 0.262 e. The van der Waals surface area contributed by atoms with E-state index >= 15 is 0 Å². The minimum atomic E-state index is -3.96. The lowest BCUT2D eigenvalue weighted by Crippen LogP contribution is -2.51. The number of sulfonamides is 1.